The molecule has 0 unspecified atom stereocenters. The monoisotopic (exact) mass is 866 g/mol. The van der Waals surface area contributed by atoms with E-state index in [-0.39, 0.29) is 6.61 Å². The van der Waals surface area contributed by atoms with Crippen LogP contribution in [0.1, 0.15) is 53.5 Å². The Labute approximate surface area is 380 Å². The average molecular weight is 867 g/mol. The number of hydrogen-bond donors (Lipinski definition) is 2. The molecule has 9 rings (SSSR count). The van der Waals surface area contributed by atoms with Gasteiger partial charge in [0.05, 0.1) is 33.2 Å². The molecule has 3 heterocycles. The molecule has 4 atom stereocenters. The van der Waals surface area contributed by atoms with Crippen LogP contribution in [0.5, 0.6) is 11.5 Å². The van der Waals surface area contributed by atoms with Crippen LogP contribution in [0.3, 0.4) is 0 Å². The standard InChI is InChI=1S/C54H54N6O5/c1-5-59(6-2)48-46(35-64-54(41-23-15-9-16-24-41,42-25-17-10-18-26-42)43-29-33-45(63-4)34-30-43)65-52(49(48)61)60-37-57-47-50(55-36-56-51(47)60)58-53(38-19-11-7-12-20-38,39-21-13-8-14-22-39)40-27-31-44(62-3)32-28-40/h7-34,36-37,46,48-49,52,61H,5-6,35H2,1-4H3,(H,55,56,58)/t46-,48-,49+,52-/m1/s1. The molecule has 0 saturated carbocycles. The molecule has 8 aromatic rings. The average Bonchev–Trinajstić information content (AvgIpc) is 3.96. The zero-order valence-corrected chi connectivity index (χ0v) is 37.1. The lowest BCUT2D eigenvalue weighted by Gasteiger charge is -2.38. The lowest BCUT2D eigenvalue weighted by atomic mass is 9.77. The molecule has 0 bridgehead atoms. The van der Waals surface area contributed by atoms with Crippen LogP contribution in [0.15, 0.2) is 183 Å². The largest absolute Gasteiger partial charge is 0.497 e. The van der Waals surface area contributed by atoms with Crippen LogP contribution in [-0.2, 0) is 20.6 Å². The zero-order valence-electron chi connectivity index (χ0n) is 37.1. The summed E-state index contributed by atoms with van der Waals surface area (Å²) in [7, 11) is 3.33. The van der Waals surface area contributed by atoms with Crippen molar-refractivity contribution in [2.45, 2.75) is 49.5 Å². The second-order valence-electron chi connectivity index (χ2n) is 16.1. The van der Waals surface area contributed by atoms with Crippen molar-refractivity contribution in [1.29, 1.82) is 0 Å². The van der Waals surface area contributed by atoms with Crippen LogP contribution in [0, 0.1) is 0 Å². The molecule has 330 valence electrons. The van der Waals surface area contributed by atoms with E-state index in [4.69, 9.17) is 33.9 Å². The van der Waals surface area contributed by atoms with Gasteiger partial charge in [-0.1, -0.05) is 159 Å². The summed E-state index contributed by atoms with van der Waals surface area (Å²) in [5.41, 5.74) is 4.91. The number of aliphatic hydroxyl groups excluding tert-OH is 1. The van der Waals surface area contributed by atoms with Crippen molar-refractivity contribution < 1.29 is 24.1 Å². The molecule has 0 amide bonds. The van der Waals surface area contributed by atoms with Gasteiger partial charge in [0.1, 0.15) is 41.2 Å². The first-order chi connectivity index (χ1) is 31.9. The highest BCUT2D eigenvalue weighted by atomic mass is 16.6. The smallest absolute Gasteiger partial charge is 0.167 e. The fourth-order valence-corrected chi connectivity index (χ4v) is 9.56. The Kier molecular flexibility index (Phi) is 12.7. The molecular formula is C54H54N6O5. The van der Waals surface area contributed by atoms with Crippen LogP contribution >= 0.6 is 0 Å². The predicted octanol–water partition coefficient (Wildman–Crippen LogP) is 9.22. The second kappa shape index (κ2) is 19.1. The number of rotatable bonds is 17. The summed E-state index contributed by atoms with van der Waals surface area (Å²) in [4.78, 5) is 16.8. The first-order valence-electron chi connectivity index (χ1n) is 22.1. The van der Waals surface area contributed by atoms with Crippen LogP contribution < -0.4 is 14.8 Å². The number of anilines is 1. The van der Waals surface area contributed by atoms with Crippen molar-refractivity contribution in [3.8, 4) is 11.5 Å². The Morgan fingerprint density at radius 2 is 1.08 bits per heavy atom. The third kappa shape index (κ3) is 8.01. The number of hydrogen-bond acceptors (Lipinski definition) is 10. The van der Waals surface area contributed by atoms with Gasteiger partial charge in [-0.25, -0.2) is 15.0 Å². The number of methoxy groups -OCH3 is 2. The highest BCUT2D eigenvalue weighted by Gasteiger charge is 2.49. The molecule has 0 radical (unpaired) electrons. The summed E-state index contributed by atoms with van der Waals surface area (Å²) >= 11 is 0. The Hall–Kier alpha value is -6.89. The minimum absolute atomic E-state index is 0.150. The lowest BCUT2D eigenvalue weighted by Crippen LogP contribution is -2.49. The van der Waals surface area contributed by atoms with Gasteiger partial charge < -0.3 is 29.4 Å². The van der Waals surface area contributed by atoms with Gasteiger partial charge in [-0.15, -0.1) is 0 Å². The second-order valence-corrected chi connectivity index (χ2v) is 16.1. The topological polar surface area (TPSA) is 116 Å². The molecule has 11 nitrogen and oxygen atoms in total. The summed E-state index contributed by atoms with van der Waals surface area (Å²) in [6.07, 6.45) is 0.847. The van der Waals surface area contributed by atoms with E-state index in [9.17, 15) is 5.11 Å². The molecule has 2 aromatic heterocycles. The van der Waals surface area contributed by atoms with Crippen molar-refractivity contribution >= 4 is 17.0 Å². The van der Waals surface area contributed by atoms with E-state index in [1.54, 1.807) is 20.5 Å². The van der Waals surface area contributed by atoms with E-state index in [2.05, 4.69) is 96.9 Å². The molecule has 1 fully saturated rings. The van der Waals surface area contributed by atoms with Crippen LogP contribution in [0.25, 0.3) is 11.2 Å². The molecule has 1 saturated heterocycles. The van der Waals surface area contributed by atoms with Crippen molar-refractivity contribution in [3.63, 3.8) is 0 Å². The van der Waals surface area contributed by atoms with Crippen molar-refractivity contribution in [2.24, 2.45) is 0 Å². The molecule has 0 aliphatic carbocycles. The Bertz CT molecular complexity index is 2670. The quantitative estimate of drug-likeness (QED) is 0.0859. The first-order valence-corrected chi connectivity index (χ1v) is 22.1. The zero-order chi connectivity index (χ0) is 44.8. The maximum Gasteiger partial charge on any atom is 0.167 e. The molecule has 11 heteroatoms. The highest BCUT2D eigenvalue weighted by Crippen LogP contribution is 2.45. The fraction of sp³-hybridized carbons (Fsp3) is 0.241. The van der Waals surface area contributed by atoms with E-state index < -0.39 is 35.6 Å². The SMILES string of the molecule is CCN(CC)[C@H]1[C@H](O)[C@H](n2cnc3c(NC(c4ccccc4)(c4ccccc4)c4ccc(OC)cc4)ncnc32)O[C@@H]1COC(c1ccccc1)(c1ccccc1)c1ccc(OC)cc1. The summed E-state index contributed by atoms with van der Waals surface area (Å²) < 4.78 is 27.4. The molecule has 0 spiro atoms. The van der Waals surface area contributed by atoms with E-state index in [1.165, 1.54) is 6.33 Å². The number of nitrogens with zero attached hydrogens (tertiary/aromatic N) is 5. The number of aliphatic hydroxyl groups is 1. The minimum Gasteiger partial charge on any atom is -0.497 e. The minimum atomic E-state index is -1.03. The molecule has 65 heavy (non-hydrogen) atoms. The van der Waals surface area contributed by atoms with E-state index in [0.29, 0.717) is 30.1 Å². The lowest BCUT2D eigenvalue weighted by molar-refractivity contribution is -0.0902. The summed E-state index contributed by atoms with van der Waals surface area (Å²) in [5.74, 6) is 2.01. The highest BCUT2D eigenvalue weighted by molar-refractivity contribution is 5.84. The van der Waals surface area contributed by atoms with Gasteiger partial charge >= 0.3 is 0 Å². The van der Waals surface area contributed by atoms with Gasteiger partial charge in [0, 0.05) is 0 Å². The number of nitrogens with one attached hydrogen (secondary N) is 1. The van der Waals surface area contributed by atoms with E-state index in [0.717, 1.165) is 44.9 Å². The van der Waals surface area contributed by atoms with Crippen molar-refractivity contribution in [1.82, 2.24) is 24.4 Å². The van der Waals surface area contributed by atoms with E-state index >= 15 is 0 Å². The molecule has 2 N–H and O–H groups in total. The van der Waals surface area contributed by atoms with Gasteiger partial charge in [0.2, 0.25) is 0 Å². The predicted molar refractivity (Wildman–Crippen MR) is 253 cm³/mol. The Balaban J connectivity index is 1.11. The maximum atomic E-state index is 12.5. The van der Waals surface area contributed by atoms with Crippen LogP contribution in [0.2, 0.25) is 0 Å². The normalized spacial score (nSPS) is 17.6. The number of aromatic nitrogens is 4. The number of benzene rings is 6. The molecule has 6 aromatic carbocycles. The van der Waals surface area contributed by atoms with E-state index in [1.807, 2.05) is 102 Å². The first kappa shape index (κ1) is 43.4. The van der Waals surface area contributed by atoms with Gasteiger partial charge in [0.25, 0.3) is 0 Å². The number of likely N-dealkylation sites (N-methyl/N-ethyl adjacent to an activating group) is 1. The molecule has 1 aliphatic rings. The summed E-state index contributed by atoms with van der Waals surface area (Å²) in [6.45, 7) is 5.74. The van der Waals surface area contributed by atoms with Crippen molar-refractivity contribution in [3.05, 3.63) is 216 Å². The van der Waals surface area contributed by atoms with Crippen LogP contribution in [0.4, 0.5) is 5.82 Å². The fourth-order valence-electron chi connectivity index (χ4n) is 9.56. The molecule has 1 aliphatic heterocycles. The van der Waals surface area contributed by atoms with Gasteiger partial charge in [-0.3, -0.25) is 9.47 Å². The number of ether oxygens (including phenoxy) is 4. The third-order valence-electron chi connectivity index (χ3n) is 12.8. The van der Waals surface area contributed by atoms with Crippen LogP contribution in [-0.4, -0.2) is 81.7 Å². The summed E-state index contributed by atoms with van der Waals surface area (Å²) in [6, 6.07) is 56.8. The maximum absolute atomic E-state index is 12.5. The van der Waals surface area contributed by atoms with Gasteiger partial charge in [0.15, 0.2) is 23.2 Å². The van der Waals surface area contributed by atoms with Gasteiger partial charge in [-0.2, -0.15) is 0 Å². The Morgan fingerprint density at radius 3 is 1.57 bits per heavy atom. The number of fused-ring (bicyclic) bond motifs is 1. The van der Waals surface area contributed by atoms with Gasteiger partial charge in [-0.05, 0) is 70.7 Å². The summed E-state index contributed by atoms with van der Waals surface area (Å²) in [5, 5.41) is 16.4. The third-order valence-corrected chi connectivity index (χ3v) is 12.8. The molecular weight excluding hydrogens is 813 g/mol. The van der Waals surface area contributed by atoms with Crippen molar-refractivity contribution in [2.75, 3.05) is 39.2 Å². The Morgan fingerprint density at radius 1 is 0.615 bits per heavy atom. The number of imidazole rings is 1.